The molecule has 2 fully saturated rings. The fourth-order valence-electron chi connectivity index (χ4n) is 8.34. The number of ether oxygens (including phenoxy) is 4. The molecule has 3 aliphatic heterocycles. The molecule has 12 N–H and O–H groups in total. The van der Waals surface area contributed by atoms with Crippen LogP contribution in [0.15, 0.2) is 85.1 Å². The maximum atomic E-state index is 12.6. The molecule has 2 saturated heterocycles. The van der Waals surface area contributed by atoms with Gasteiger partial charge in [-0.3, -0.25) is 14.4 Å². The largest absolute Gasteiger partial charge is 0.481 e. The van der Waals surface area contributed by atoms with Gasteiger partial charge in [0.1, 0.15) is 24.2 Å². The molecule has 3 aliphatic rings. The van der Waals surface area contributed by atoms with E-state index in [1.54, 1.807) is 86.8 Å². The molecule has 19 heteroatoms. The molecule has 68 heavy (non-hydrogen) atoms. The molecule has 0 radical (unpaired) electrons. The summed E-state index contributed by atoms with van der Waals surface area (Å²) in [5, 5.41) is 122. The Balaban J connectivity index is 1.90. The Morgan fingerprint density at radius 1 is 0.662 bits per heavy atom. The van der Waals surface area contributed by atoms with Crippen molar-refractivity contribution >= 4 is 17.8 Å². The maximum absolute atomic E-state index is 12.6. The number of carboxylic acids is 1. The van der Waals surface area contributed by atoms with Gasteiger partial charge in [0.15, 0.2) is 12.1 Å². The molecule has 3 rings (SSSR count). The van der Waals surface area contributed by atoms with Crippen LogP contribution < -0.4 is 5.32 Å². The summed E-state index contributed by atoms with van der Waals surface area (Å²) < 4.78 is 23.3. The van der Waals surface area contributed by atoms with Crippen molar-refractivity contribution in [1.29, 1.82) is 0 Å². The van der Waals surface area contributed by atoms with E-state index < -0.39 is 153 Å². The van der Waals surface area contributed by atoms with Gasteiger partial charge in [-0.2, -0.15) is 0 Å². The van der Waals surface area contributed by atoms with Gasteiger partial charge in [0, 0.05) is 44.4 Å². The SMILES string of the molecule is CC(=O)NC1C(O)C(C)OC(O[C@H]2C=CC=CC=CC=CC=CC=CC=C[C@@H](C)[C@@H](O)[C@H](C)[C@@H](C)OC(=O)C[C@H](O)C[C@H](O)CC[C@@H](O)[C@H](O)C[C@H](O)C[C@]3(O)C[C@@H](O)[C@@H](C(=O)O)[C@H](C2)O3)C1O. The fraction of sp³-hybridized carbons (Fsp3) is 0.653. The molecule has 2 bridgehead atoms. The van der Waals surface area contributed by atoms with Gasteiger partial charge in [-0.05, 0) is 33.1 Å². The summed E-state index contributed by atoms with van der Waals surface area (Å²) in [4.78, 5) is 37.1. The molecule has 0 aromatic carbocycles. The van der Waals surface area contributed by atoms with Crippen LogP contribution >= 0.6 is 0 Å². The third-order valence-electron chi connectivity index (χ3n) is 12.3. The lowest BCUT2D eigenvalue weighted by molar-refractivity contribution is -0.309. The number of carbonyl (C=O) groups is 3. The molecule has 1 amide bonds. The van der Waals surface area contributed by atoms with Gasteiger partial charge in [-0.25, -0.2) is 0 Å². The third kappa shape index (κ3) is 19.5. The van der Waals surface area contributed by atoms with Crippen LogP contribution in [0.4, 0.5) is 0 Å². The topological polar surface area (TPSA) is 323 Å². The van der Waals surface area contributed by atoms with Crippen molar-refractivity contribution in [3.8, 4) is 0 Å². The van der Waals surface area contributed by atoms with Crippen molar-refractivity contribution < 1.29 is 89.5 Å². The Kier molecular flexibility index (Phi) is 24.6. The van der Waals surface area contributed by atoms with Crippen molar-refractivity contribution in [2.75, 3.05) is 0 Å². The molecule has 0 saturated carbocycles. The van der Waals surface area contributed by atoms with Crippen molar-refractivity contribution in [1.82, 2.24) is 5.32 Å². The number of carboxylic acid groups (broad SMARTS) is 1. The summed E-state index contributed by atoms with van der Waals surface area (Å²) in [6, 6.07) is -1.21. The highest BCUT2D eigenvalue weighted by molar-refractivity contribution is 5.73. The van der Waals surface area contributed by atoms with E-state index >= 15 is 0 Å². The number of aliphatic carboxylic acids is 1. The van der Waals surface area contributed by atoms with Crippen LogP contribution in [-0.4, -0.2) is 171 Å². The number of hydrogen-bond acceptors (Lipinski definition) is 17. The monoisotopic (exact) mass is 965 g/mol. The molecule has 0 aliphatic carbocycles. The number of cyclic esters (lactones) is 1. The molecule has 3 heterocycles. The number of nitrogens with one attached hydrogen (secondary N) is 1. The highest BCUT2D eigenvalue weighted by Gasteiger charge is 2.51. The summed E-state index contributed by atoms with van der Waals surface area (Å²) in [7, 11) is 0. The van der Waals surface area contributed by atoms with Gasteiger partial charge in [-0.15, -0.1) is 0 Å². The number of esters is 1. The first-order valence-corrected chi connectivity index (χ1v) is 23.2. The zero-order valence-corrected chi connectivity index (χ0v) is 39.4. The Bertz CT molecular complexity index is 1780. The van der Waals surface area contributed by atoms with Gasteiger partial charge >= 0.3 is 11.9 Å². The zero-order valence-electron chi connectivity index (χ0n) is 39.4. The Morgan fingerprint density at radius 2 is 1.24 bits per heavy atom. The minimum atomic E-state index is -2.36. The predicted octanol–water partition coefficient (Wildman–Crippen LogP) is 0.889. The molecule has 19 atom stereocenters. The average Bonchev–Trinajstić information content (AvgIpc) is 3.24. The van der Waals surface area contributed by atoms with Crippen LogP contribution in [0.3, 0.4) is 0 Å². The van der Waals surface area contributed by atoms with Crippen LogP contribution in [0.1, 0.15) is 86.0 Å². The third-order valence-corrected chi connectivity index (χ3v) is 12.3. The van der Waals surface area contributed by atoms with E-state index in [9.17, 15) is 70.6 Å². The summed E-state index contributed by atoms with van der Waals surface area (Å²) in [6.07, 6.45) is 2.48. The second-order valence-electron chi connectivity index (χ2n) is 18.2. The van der Waals surface area contributed by atoms with Gasteiger partial charge in [0.05, 0.1) is 73.5 Å². The first-order valence-electron chi connectivity index (χ1n) is 23.2. The second kappa shape index (κ2) is 28.7. The molecule has 0 aromatic heterocycles. The Morgan fingerprint density at radius 3 is 1.81 bits per heavy atom. The van der Waals surface area contributed by atoms with Crippen molar-refractivity contribution in [3.05, 3.63) is 85.1 Å². The van der Waals surface area contributed by atoms with Crippen molar-refractivity contribution in [3.63, 3.8) is 0 Å². The summed E-state index contributed by atoms with van der Waals surface area (Å²) in [6.45, 7) is 7.90. The number of fused-ring (bicyclic) bond motifs is 2. The van der Waals surface area contributed by atoms with E-state index in [-0.39, 0.29) is 31.6 Å². The quantitative estimate of drug-likeness (QED) is 0.174. The number of hydrogen-bond donors (Lipinski definition) is 12. The minimum absolute atomic E-state index is 0.119. The van der Waals surface area contributed by atoms with E-state index in [1.807, 2.05) is 13.0 Å². The smallest absolute Gasteiger partial charge is 0.311 e. The van der Waals surface area contributed by atoms with Crippen LogP contribution in [0.25, 0.3) is 0 Å². The number of aliphatic hydroxyl groups excluding tert-OH is 9. The molecule has 0 spiro atoms. The molecular formula is C49H75NO18. The predicted molar refractivity (Wildman–Crippen MR) is 247 cm³/mol. The number of amides is 1. The zero-order chi connectivity index (χ0) is 50.7. The van der Waals surface area contributed by atoms with E-state index in [2.05, 4.69) is 5.32 Å². The van der Waals surface area contributed by atoms with E-state index in [0.717, 1.165) is 0 Å². The van der Waals surface area contributed by atoms with Crippen molar-refractivity contribution in [2.24, 2.45) is 17.8 Å². The van der Waals surface area contributed by atoms with Crippen LogP contribution in [0, 0.1) is 17.8 Å². The van der Waals surface area contributed by atoms with Crippen LogP contribution in [0.2, 0.25) is 0 Å². The molecule has 19 nitrogen and oxygen atoms in total. The Hall–Kier alpha value is -3.93. The van der Waals surface area contributed by atoms with Crippen LogP contribution in [-0.2, 0) is 33.3 Å². The lowest BCUT2D eigenvalue weighted by Gasteiger charge is -2.45. The molecule has 384 valence electrons. The van der Waals surface area contributed by atoms with Gasteiger partial charge in [0.2, 0.25) is 5.91 Å². The highest BCUT2D eigenvalue weighted by Crippen LogP contribution is 2.38. The average molecular weight is 966 g/mol. The number of rotatable bonds is 4. The van der Waals surface area contributed by atoms with Gasteiger partial charge < -0.3 is 80.4 Å². The van der Waals surface area contributed by atoms with E-state index in [0.29, 0.717) is 0 Å². The lowest BCUT2D eigenvalue weighted by Crippen LogP contribution is -2.64. The van der Waals surface area contributed by atoms with E-state index in [4.69, 9.17) is 18.9 Å². The number of allylic oxidation sites excluding steroid dienone is 12. The minimum Gasteiger partial charge on any atom is -0.481 e. The highest BCUT2D eigenvalue weighted by atomic mass is 16.7. The summed E-state index contributed by atoms with van der Waals surface area (Å²) in [5.41, 5.74) is 0. The van der Waals surface area contributed by atoms with E-state index in [1.165, 1.54) is 19.9 Å². The normalized spacial score (nSPS) is 40.6. The Labute approximate surface area is 398 Å². The fourth-order valence-corrected chi connectivity index (χ4v) is 8.34. The number of carbonyl (C=O) groups excluding carboxylic acids is 2. The molecular weight excluding hydrogens is 891 g/mol. The first-order chi connectivity index (χ1) is 32.0. The summed E-state index contributed by atoms with van der Waals surface area (Å²) in [5.74, 6) is -7.49. The second-order valence-corrected chi connectivity index (χ2v) is 18.2. The standard InChI is InChI=1S/C49H75NO18/c1-28-18-16-14-12-10-8-6-7-9-11-13-15-17-19-36(67-48-46(61)43(50-32(5)51)45(60)31(4)66-48)25-40-42(47(62)63)39(57)27-49(64,68-40)26-35(54)23-38(56)37(55)21-20-33(52)22-34(53)24-41(58)65-30(3)29(2)44(28)59/h6-19,28-31,33-40,42-46,48,52-57,59-61,64H,20-27H2,1-5H3,(H,50,51)(H,62,63)/t28-,29-,30-,31?,33-,34-,35+,36+,37-,38-,39-,40+,42-,43?,44-,45?,46?,48?,49-/m1/s1. The van der Waals surface area contributed by atoms with Crippen LogP contribution in [0.5, 0.6) is 0 Å². The maximum Gasteiger partial charge on any atom is 0.311 e. The van der Waals surface area contributed by atoms with Gasteiger partial charge in [0.25, 0.3) is 0 Å². The number of aliphatic hydroxyl groups is 10. The lowest BCUT2D eigenvalue weighted by atomic mass is 9.82. The molecule has 5 unspecified atom stereocenters. The molecule has 0 aromatic rings. The first kappa shape index (κ1) is 58.4. The van der Waals surface area contributed by atoms with Crippen molar-refractivity contribution in [2.45, 2.75) is 183 Å². The van der Waals surface area contributed by atoms with Gasteiger partial charge in [-0.1, -0.05) is 98.9 Å². The summed E-state index contributed by atoms with van der Waals surface area (Å²) >= 11 is 0.